The number of para-hydroxylation sites is 1. The molecule has 0 saturated carbocycles. The Bertz CT molecular complexity index is 288. The van der Waals surface area contributed by atoms with Gasteiger partial charge in [-0.25, -0.2) is 4.39 Å². The molecule has 0 unspecified atom stereocenters. The number of hydrogen-bond donors (Lipinski definition) is 1. The number of halogens is 1. The molecule has 13 heavy (non-hydrogen) atoms. The summed E-state index contributed by atoms with van der Waals surface area (Å²) in [6, 6.07) is 4.59. The average molecular weight is 183 g/mol. The minimum atomic E-state index is -0.554. The van der Waals surface area contributed by atoms with Crippen LogP contribution in [0.1, 0.15) is 12.5 Å². The first kappa shape index (κ1) is 9.99. The molecule has 0 heterocycles. The van der Waals surface area contributed by atoms with Gasteiger partial charge in [-0.15, -0.1) is 0 Å². The van der Waals surface area contributed by atoms with Crippen molar-refractivity contribution < 1.29 is 9.50 Å². The van der Waals surface area contributed by atoms with Crippen LogP contribution in [0.2, 0.25) is 0 Å². The molecule has 0 aliphatic heterocycles. The minimum Gasteiger partial charge on any atom is -0.505 e. The maximum atomic E-state index is 12.9. The molecule has 1 aromatic rings. The van der Waals surface area contributed by atoms with E-state index in [9.17, 15) is 9.50 Å². The summed E-state index contributed by atoms with van der Waals surface area (Å²) in [5.41, 5.74) is 0.629. The van der Waals surface area contributed by atoms with E-state index in [-0.39, 0.29) is 5.75 Å². The van der Waals surface area contributed by atoms with Crippen LogP contribution in [-0.2, 0) is 6.54 Å². The monoisotopic (exact) mass is 183 g/mol. The van der Waals surface area contributed by atoms with Crippen molar-refractivity contribution in [2.24, 2.45) is 0 Å². The average Bonchev–Trinajstić information content (AvgIpc) is 2.13. The number of hydrogen-bond acceptors (Lipinski definition) is 2. The van der Waals surface area contributed by atoms with Crippen molar-refractivity contribution in [2.45, 2.75) is 13.5 Å². The molecular weight excluding hydrogens is 169 g/mol. The van der Waals surface area contributed by atoms with Gasteiger partial charge in [0.25, 0.3) is 0 Å². The van der Waals surface area contributed by atoms with Crippen molar-refractivity contribution >= 4 is 0 Å². The Morgan fingerprint density at radius 3 is 2.77 bits per heavy atom. The third kappa shape index (κ3) is 2.42. The lowest BCUT2D eigenvalue weighted by Gasteiger charge is -2.14. The highest BCUT2D eigenvalue weighted by Gasteiger charge is 2.07. The Morgan fingerprint density at radius 2 is 2.15 bits per heavy atom. The lowest BCUT2D eigenvalue weighted by Crippen LogP contribution is -2.16. The topological polar surface area (TPSA) is 23.5 Å². The van der Waals surface area contributed by atoms with Gasteiger partial charge in [-0.1, -0.05) is 19.1 Å². The Kier molecular flexibility index (Phi) is 3.25. The summed E-state index contributed by atoms with van der Waals surface area (Å²) < 4.78 is 12.9. The smallest absolute Gasteiger partial charge is 0.165 e. The fourth-order valence-electron chi connectivity index (χ4n) is 1.09. The van der Waals surface area contributed by atoms with Gasteiger partial charge in [0.2, 0.25) is 0 Å². The van der Waals surface area contributed by atoms with E-state index in [0.29, 0.717) is 12.1 Å². The molecule has 2 nitrogen and oxygen atoms in total. The molecule has 1 aromatic carbocycles. The van der Waals surface area contributed by atoms with Crippen molar-refractivity contribution in [3.8, 4) is 5.75 Å². The first-order chi connectivity index (χ1) is 6.15. The van der Waals surface area contributed by atoms with Crippen molar-refractivity contribution in [1.29, 1.82) is 0 Å². The summed E-state index contributed by atoms with van der Waals surface area (Å²) in [7, 11) is 1.92. The normalized spacial score (nSPS) is 10.8. The number of phenols is 1. The van der Waals surface area contributed by atoms with Gasteiger partial charge in [0.15, 0.2) is 11.6 Å². The first-order valence-corrected chi connectivity index (χ1v) is 4.30. The van der Waals surface area contributed by atoms with Crippen LogP contribution < -0.4 is 0 Å². The van der Waals surface area contributed by atoms with Crippen molar-refractivity contribution in [2.75, 3.05) is 13.6 Å². The van der Waals surface area contributed by atoms with Crippen LogP contribution >= 0.6 is 0 Å². The Balaban J connectivity index is 2.83. The standard InChI is InChI=1S/C10H14FNO/c1-3-12(2)7-8-5-4-6-9(11)10(8)13/h4-6,13H,3,7H2,1-2H3. The fraction of sp³-hybridized carbons (Fsp3) is 0.400. The summed E-state index contributed by atoms with van der Waals surface area (Å²) in [4.78, 5) is 1.99. The van der Waals surface area contributed by atoms with Crippen LogP contribution in [0.15, 0.2) is 18.2 Å². The number of nitrogens with zero attached hydrogens (tertiary/aromatic N) is 1. The summed E-state index contributed by atoms with van der Waals surface area (Å²) in [5.74, 6) is -0.787. The van der Waals surface area contributed by atoms with E-state index in [1.165, 1.54) is 6.07 Å². The van der Waals surface area contributed by atoms with Crippen molar-refractivity contribution in [1.82, 2.24) is 4.90 Å². The molecule has 0 amide bonds. The maximum absolute atomic E-state index is 12.9. The maximum Gasteiger partial charge on any atom is 0.165 e. The summed E-state index contributed by atoms with van der Waals surface area (Å²) in [6.07, 6.45) is 0. The third-order valence-corrected chi connectivity index (χ3v) is 2.05. The van der Waals surface area contributed by atoms with Gasteiger partial charge in [0.1, 0.15) is 0 Å². The van der Waals surface area contributed by atoms with Crippen molar-refractivity contribution in [3.63, 3.8) is 0 Å². The lowest BCUT2D eigenvalue weighted by molar-refractivity contribution is 0.333. The molecule has 0 atom stereocenters. The van der Waals surface area contributed by atoms with Crippen molar-refractivity contribution in [3.05, 3.63) is 29.6 Å². The lowest BCUT2D eigenvalue weighted by atomic mass is 10.2. The molecule has 3 heteroatoms. The minimum absolute atomic E-state index is 0.234. The summed E-state index contributed by atoms with van der Waals surface area (Å²) in [6.45, 7) is 3.45. The molecule has 72 valence electrons. The van der Waals surface area contributed by atoms with Crippen LogP contribution in [0.5, 0.6) is 5.75 Å². The third-order valence-electron chi connectivity index (χ3n) is 2.05. The second-order valence-corrected chi connectivity index (χ2v) is 3.08. The second-order valence-electron chi connectivity index (χ2n) is 3.08. The van der Waals surface area contributed by atoms with E-state index in [0.717, 1.165) is 6.54 Å². The Hall–Kier alpha value is -1.09. The van der Waals surface area contributed by atoms with E-state index in [1.54, 1.807) is 12.1 Å². The molecule has 0 aromatic heterocycles. The fourth-order valence-corrected chi connectivity index (χ4v) is 1.09. The zero-order chi connectivity index (χ0) is 9.84. The van der Waals surface area contributed by atoms with Gasteiger partial charge >= 0.3 is 0 Å². The zero-order valence-electron chi connectivity index (χ0n) is 7.92. The molecule has 0 spiro atoms. The molecule has 0 saturated heterocycles. The Morgan fingerprint density at radius 1 is 1.46 bits per heavy atom. The number of phenolic OH excluding ortho intramolecular Hbond substituents is 1. The van der Waals surface area contributed by atoms with E-state index >= 15 is 0 Å². The van der Waals surface area contributed by atoms with E-state index in [4.69, 9.17) is 0 Å². The SMILES string of the molecule is CCN(C)Cc1cccc(F)c1O. The van der Waals surface area contributed by atoms with Gasteiger partial charge < -0.3 is 10.0 Å². The van der Waals surface area contributed by atoms with Crippen LogP contribution in [0.4, 0.5) is 4.39 Å². The van der Waals surface area contributed by atoms with Gasteiger partial charge in [0.05, 0.1) is 0 Å². The van der Waals surface area contributed by atoms with E-state index in [2.05, 4.69) is 0 Å². The van der Waals surface area contributed by atoms with Gasteiger partial charge in [-0.3, -0.25) is 0 Å². The second kappa shape index (κ2) is 4.23. The molecule has 0 aliphatic carbocycles. The zero-order valence-corrected chi connectivity index (χ0v) is 7.92. The Labute approximate surface area is 77.6 Å². The highest BCUT2D eigenvalue weighted by atomic mass is 19.1. The van der Waals surface area contributed by atoms with Crippen LogP contribution in [0.3, 0.4) is 0 Å². The molecule has 1 rings (SSSR count). The van der Waals surface area contributed by atoms with Crippen LogP contribution in [0.25, 0.3) is 0 Å². The predicted octanol–water partition coefficient (Wildman–Crippen LogP) is 1.98. The number of benzene rings is 1. The first-order valence-electron chi connectivity index (χ1n) is 4.30. The van der Waals surface area contributed by atoms with E-state index in [1.807, 2.05) is 18.9 Å². The van der Waals surface area contributed by atoms with Gasteiger partial charge in [-0.2, -0.15) is 0 Å². The predicted molar refractivity (Wildman–Crippen MR) is 50.1 cm³/mol. The summed E-state index contributed by atoms with van der Waals surface area (Å²) >= 11 is 0. The molecule has 0 radical (unpaired) electrons. The highest BCUT2D eigenvalue weighted by Crippen LogP contribution is 2.21. The van der Waals surface area contributed by atoms with Gasteiger partial charge in [-0.05, 0) is 19.7 Å². The molecule has 0 bridgehead atoms. The van der Waals surface area contributed by atoms with Gasteiger partial charge in [0, 0.05) is 12.1 Å². The molecule has 0 fully saturated rings. The molecule has 1 N–H and O–H groups in total. The van der Waals surface area contributed by atoms with E-state index < -0.39 is 5.82 Å². The number of aromatic hydroxyl groups is 1. The quantitative estimate of drug-likeness (QED) is 0.774. The van der Waals surface area contributed by atoms with Crippen LogP contribution in [0, 0.1) is 5.82 Å². The largest absolute Gasteiger partial charge is 0.505 e. The number of rotatable bonds is 3. The summed E-state index contributed by atoms with van der Waals surface area (Å²) in [5, 5.41) is 9.34. The van der Waals surface area contributed by atoms with Crippen LogP contribution in [-0.4, -0.2) is 23.6 Å². The highest BCUT2D eigenvalue weighted by molar-refractivity contribution is 5.33. The molecular formula is C10H14FNO. The molecule has 0 aliphatic rings.